The lowest BCUT2D eigenvalue weighted by Crippen LogP contribution is -2.34. The highest BCUT2D eigenvalue weighted by atomic mass is 16.2. The van der Waals surface area contributed by atoms with Crippen LogP contribution in [0.3, 0.4) is 0 Å². The quantitative estimate of drug-likeness (QED) is 0.489. The highest BCUT2D eigenvalue weighted by molar-refractivity contribution is 5.84. The zero-order valence-corrected chi connectivity index (χ0v) is 18.6. The van der Waals surface area contributed by atoms with Crippen LogP contribution in [0.5, 0.6) is 0 Å². The number of aryl methyl sites for hydroxylation is 1. The van der Waals surface area contributed by atoms with Gasteiger partial charge in [0.25, 0.3) is 0 Å². The van der Waals surface area contributed by atoms with E-state index in [0.717, 1.165) is 47.1 Å². The molecule has 2 aromatic carbocycles. The van der Waals surface area contributed by atoms with Crippen molar-refractivity contribution in [3.8, 4) is 17.2 Å². The van der Waals surface area contributed by atoms with E-state index >= 15 is 0 Å². The summed E-state index contributed by atoms with van der Waals surface area (Å²) in [6, 6.07) is 16.2. The van der Waals surface area contributed by atoms with E-state index in [1.165, 1.54) is 0 Å². The summed E-state index contributed by atoms with van der Waals surface area (Å²) in [6.07, 6.45) is 7.72. The Morgan fingerprint density at radius 2 is 2.12 bits per heavy atom. The first kappa shape index (κ1) is 21.0. The van der Waals surface area contributed by atoms with Crippen molar-refractivity contribution in [2.45, 2.75) is 38.8 Å². The number of hydrogen-bond acceptors (Lipinski definition) is 4. The van der Waals surface area contributed by atoms with E-state index in [1.807, 2.05) is 41.7 Å². The maximum absolute atomic E-state index is 12.9. The van der Waals surface area contributed by atoms with Crippen LogP contribution in [0.1, 0.15) is 30.9 Å². The van der Waals surface area contributed by atoms with Gasteiger partial charge in [-0.15, -0.1) is 0 Å². The van der Waals surface area contributed by atoms with E-state index in [1.54, 1.807) is 6.07 Å². The molecule has 33 heavy (non-hydrogen) atoms. The molecule has 2 aromatic heterocycles. The van der Waals surface area contributed by atoms with Crippen molar-refractivity contribution < 1.29 is 4.79 Å². The molecule has 1 aliphatic rings. The van der Waals surface area contributed by atoms with Crippen molar-refractivity contribution in [1.82, 2.24) is 24.9 Å². The molecule has 3 heterocycles. The summed E-state index contributed by atoms with van der Waals surface area (Å²) in [5.41, 5.74) is 4.95. The normalized spacial score (nSPS) is 18.0. The maximum Gasteiger partial charge on any atom is 0.223 e. The Balaban J connectivity index is 1.22. The first-order chi connectivity index (χ1) is 16.1. The molecule has 2 atom stereocenters. The number of likely N-dealkylation sites (tertiary alicyclic amines) is 1. The third-order valence-corrected chi connectivity index (χ3v) is 6.57. The molecule has 4 aromatic rings. The molecule has 7 nitrogen and oxygen atoms in total. The summed E-state index contributed by atoms with van der Waals surface area (Å²) >= 11 is 0. The summed E-state index contributed by atoms with van der Waals surface area (Å²) in [4.78, 5) is 14.9. The number of fused-ring (bicyclic) bond motifs is 1. The van der Waals surface area contributed by atoms with E-state index in [4.69, 9.17) is 5.26 Å². The van der Waals surface area contributed by atoms with Gasteiger partial charge in [-0.2, -0.15) is 15.5 Å². The standard InChI is InChI=1S/C26H26N6O/c1-18-9-21(16-31(18)26(33)8-5-19-3-2-4-20(10-19)12-27)17-32-25-7-6-22(11-23(25)15-30-32)24-13-28-29-14-24/h2-4,6-7,10-11,13-15,18,21H,5,8-9,16-17H2,1H3,(H,28,29)/t18-,21-/m1/s1. The molecule has 1 aliphatic heterocycles. The van der Waals surface area contributed by atoms with Crippen LogP contribution in [0.2, 0.25) is 0 Å². The van der Waals surface area contributed by atoms with Crippen LogP contribution >= 0.6 is 0 Å². The van der Waals surface area contributed by atoms with Gasteiger partial charge in [0.1, 0.15) is 0 Å². The van der Waals surface area contributed by atoms with Crippen LogP contribution in [-0.4, -0.2) is 43.4 Å². The molecule has 0 saturated carbocycles. The maximum atomic E-state index is 12.9. The average molecular weight is 439 g/mol. The number of hydrogen-bond donors (Lipinski definition) is 1. The van der Waals surface area contributed by atoms with Gasteiger partial charge < -0.3 is 4.90 Å². The van der Waals surface area contributed by atoms with Crippen molar-refractivity contribution in [3.05, 3.63) is 72.2 Å². The predicted molar refractivity (Wildman–Crippen MR) is 126 cm³/mol. The number of nitriles is 1. The second kappa shape index (κ2) is 8.91. The highest BCUT2D eigenvalue weighted by Gasteiger charge is 2.32. The van der Waals surface area contributed by atoms with Crippen molar-refractivity contribution in [3.63, 3.8) is 0 Å². The van der Waals surface area contributed by atoms with Gasteiger partial charge in [0.15, 0.2) is 0 Å². The van der Waals surface area contributed by atoms with E-state index in [-0.39, 0.29) is 11.9 Å². The molecule has 0 unspecified atom stereocenters. The fourth-order valence-electron chi connectivity index (χ4n) is 4.88. The van der Waals surface area contributed by atoms with Crippen LogP contribution in [0.25, 0.3) is 22.0 Å². The monoisotopic (exact) mass is 438 g/mol. The number of carbonyl (C=O) groups excluding carboxylic acids is 1. The summed E-state index contributed by atoms with van der Waals surface area (Å²) in [6.45, 7) is 3.69. The molecule has 1 amide bonds. The van der Waals surface area contributed by atoms with Gasteiger partial charge in [0.05, 0.1) is 29.5 Å². The van der Waals surface area contributed by atoms with E-state index in [0.29, 0.717) is 24.3 Å². The Morgan fingerprint density at radius 1 is 1.21 bits per heavy atom. The molecule has 0 radical (unpaired) electrons. The first-order valence-corrected chi connectivity index (χ1v) is 11.3. The van der Waals surface area contributed by atoms with Gasteiger partial charge in [-0.05, 0) is 61.1 Å². The van der Waals surface area contributed by atoms with Crippen LogP contribution in [0, 0.1) is 17.2 Å². The van der Waals surface area contributed by atoms with E-state index in [9.17, 15) is 4.79 Å². The number of nitrogens with one attached hydrogen (secondary N) is 1. The van der Waals surface area contributed by atoms with Crippen LogP contribution < -0.4 is 0 Å². The molecule has 0 aliphatic carbocycles. The van der Waals surface area contributed by atoms with Gasteiger partial charge in [0.2, 0.25) is 5.91 Å². The second-order valence-electron chi connectivity index (χ2n) is 8.90. The molecule has 1 N–H and O–H groups in total. The number of H-pyrrole nitrogens is 1. The molecule has 1 saturated heterocycles. The average Bonchev–Trinajstić information content (AvgIpc) is 3.58. The zero-order valence-electron chi connectivity index (χ0n) is 18.6. The van der Waals surface area contributed by atoms with Gasteiger partial charge in [0, 0.05) is 42.7 Å². The Hall–Kier alpha value is -3.92. The number of rotatable bonds is 6. The topological polar surface area (TPSA) is 90.6 Å². The molecule has 166 valence electrons. The van der Waals surface area contributed by atoms with Crippen LogP contribution in [0.4, 0.5) is 0 Å². The largest absolute Gasteiger partial charge is 0.340 e. The Labute approximate surface area is 192 Å². The lowest BCUT2D eigenvalue weighted by molar-refractivity contribution is -0.131. The minimum absolute atomic E-state index is 0.183. The first-order valence-electron chi connectivity index (χ1n) is 11.3. The molecule has 0 bridgehead atoms. The number of carbonyl (C=O) groups is 1. The van der Waals surface area contributed by atoms with Gasteiger partial charge >= 0.3 is 0 Å². The molecule has 5 rings (SSSR count). The number of nitrogens with zero attached hydrogens (tertiary/aromatic N) is 5. The number of benzene rings is 2. The minimum atomic E-state index is 0.183. The minimum Gasteiger partial charge on any atom is -0.340 e. The van der Waals surface area contributed by atoms with Gasteiger partial charge in [-0.1, -0.05) is 18.2 Å². The molecular weight excluding hydrogens is 412 g/mol. The zero-order chi connectivity index (χ0) is 22.8. The summed E-state index contributed by atoms with van der Waals surface area (Å²) in [7, 11) is 0. The predicted octanol–water partition coefficient (Wildman–Crippen LogP) is 4.17. The highest BCUT2D eigenvalue weighted by Crippen LogP contribution is 2.28. The lowest BCUT2D eigenvalue weighted by atomic mass is 10.1. The number of amides is 1. The van der Waals surface area contributed by atoms with Crippen molar-refractivity contribution >= 4 is 16.8 Å². The second-order valence-corrected chi connectivity index (χ2v) is 8.90. The number of aromatic amines is 1. The Kier molecular flexibility index (Phi) is 5.66. The summed E-state index contributed by atoms with van der Waals surface area (Å²) < 4.78 is 2.06. The SMILES string of the molecule is C[C@@H]1C[C@@H](Cn2ncc3cc(-c4cn[nH]c4)ccc32)CN1C(=O)CCc1cccc(C#N)c1. The third kappa shape index (κ3) is 4.37. The number of aromatic nitrogens is 4. The van der Waals surface area contributed by atoms with E-state index < -0.39 is 0 Å². The van der Waals surface area contributed by atoms with Crippen molar-refractivity contribution in [1.29, 1.82) is 5.26 Å². The van der Waals surface area contributed by atoms with Crippen molar-refractivity contribution in [2.24, 2.45) is 5.92 Å². The van der Waals surface area contributed by atoms with Gasteiger partial charge in [-0.25, -0.2) is 0 Å². The fourth-order valence-corrected chi connectivity index (χ4v) is 4.88. The van der Waals surface area contributed by atoms with E-state index in [2.05, 4.69) is 51.2 Å². The summed E-state index contributed by atoms with van der Waals surface area (Å²) in [5.74, 6) is 0.560. The summed E-state index contributed by atoms with van der Waals surface area (Å²) in [5, 5.41) is 21.7. The van der Waals surface area contributed by atoms with Crippen LogP contribution in [0.15, 0.2) is 61.1 Å². The van der Waals surface area contributed by atoms with Crippen molar-refractivity contribution in [2.75, 3.05) is 6.54 Å². The molecule has 0 spiro atoms. The smallest absolute Gasteiger partial charge is 0.223 e. The third-order valence-electron chi connectivity index (χ3n) is 6.57. The Bertz CT molecular complexity index is 1320. The Morgan fingerprint density at radius 3 is 2.94 bits per heavy atom. The van der Waals surface area contributed by atoms with Gasteiger partial charge in [-0.3, -0.25) is 14.6 Å². The fraction of sp³-hybridized carbons (Fsp3) is 0.308. The molecular formula is C26H26N6O. The molecule has 7 heteroatoms. The molecule has 1 fully saturated rings. The van der Waals surface area contributed by atoms with Crippen LogP contribution in [-0.2, 0) is 17.8 Å². The lowest BCUT2D eigenvalue weighted by Gasteiger charge is -2.21.